The van der Waals surface area contributed by atoms with Gasteiger partial charge in [-0.25, -0.2) is 0 Å². The van der Waals surface area contributed by atoms with E-state index in [1.165, 1.54) is 36.4 Å². The van der Waals surface area contributed by atoms with Gasteiger partial charge in [0.15, 0.2) is 0 Å². The molecule has 24 heavy (non-hydrogen) atoms. The summed E-state index contributed by atoms with van der Waals surface area (Å²) < 4.78 is 0. The highest BCUT2D eigenvalue weighted by Gasteiger charge is 2.17. The molecule has 0 aromatic heterocycles. The molecule has 0 atom stereocenters. The predicted molar refractivity (Wildman–Crippen MR) is 85.5 cm³/mol. The lowest BCUT2D eigenvalue weighted by atomic mass is 10.1. The van der Waals surface area contributed by atoms with Crippen molar-refractivity contribution in [2.24, 2.45) is 0 Å². The number of nitrogens with zero attached hydrogens (tertiary/aromatic N) is 1. The molecule has 0 aliphatic carbocycles. The molecule has 2 aromatic carbocycles. The van der Waals surface area contributed by atoms with Gasteiger partial charge in [-0.3, -0.25) is 30.6 Å². The van der Waals surface area contributed by atoms with E-state index in [0.29, 0.717) is 0 Å². The van der Waals surface area contributed by atoms with Crippen LogP contribution in [0.15, 0.2) is 42.5 Å². The first-order valence-corrected chi connectivity index (χ1v) is 7.06. The van der Waals surface area contributed by atoms with Crippen LogP contribution in [-0.2, 0) is 11.2 Å². The van der Waals surface area contributed by atoms with Crippen LogP contribution in [0.5, 0.6) is 5.75 Å². The molecule has 8 nitrogen and oxygen atoms in total. The van der Waals surface area contributed by atoms with E-state index in [1.807, 2.05) is 0 Å². The van der Waals surface area contributed by atoms with E-state index in [2.05, 4.69) is 10.9 Å². The van der Waals surface area contributed by atoms with Gasteiger partial charge in [0, 0.05) is 16.7 Å². The summed E-state index contributed by atoms with van der Waals surface area (Å²) in [6, 6.07) is 9.67. The lowest BCUT2D eigenvalue weighted by molar-refractivity contribution is -0.385. The van der Waals surface area contributed by atoms with Gasteiger partial charge in [0.25, 0.3) is 11.6 Å². The molecule has 2 aromatic rings. The normalized spacial score (nSPS) is 10.0. The zero-order valence-electron chi connectivity index (χ0n) is 12.2. The van der Waals surface area contributed by atoms with Gasteiger partial charge in [-0.2, -0.15) is 0 Å². The van der Waals surface area contributed by atoms with E-state index in [0.717, 1.165) is 0 Å². The van der Waals surface area contributed by atoms with E-state index in [4.69, 9.17) is 11.6 Å². The largest absolute Gasteiger partial charge is 0.507 e. The summed E-state index contributed by atoms with van der Waals surface area (Å²) in [6.07, 6.45) is -0.293. The standard InChI is InChI=1S/C15H12ClN3O5/c16-10-5-6-13(20)11(8-10)15(22)18-17-14(21)7-9-3-1-2-4-12(9)19(23)24/h1-6,8,20H,7H2,(H,17,21)(H,18,22). The fourth-order valence-electron chi connectivity index (χ4n) is 1.94. The zero-order valence-corrected chi connectivity index (χ0v) is 12.9. The van der Waals surface area contributed by atoms with E-state index >= 15 is 0 Å². The number of para-hydroxylation sites is 1. The highest BCUT2D eigenvalue weighted by atomic mass is 35.5. The lowest BCUT2D eigenvalue weighted by Crippen LogP contribution is -2.42. The number of hydrogen-bond acceptors (Lipinski definition) is 5. The maximum atomic E-state index is 11.9. The summed E-state index contributed by atoms with van der Waals surface area (Å²) in [7, 11) is 0. The molecule has 3 N–H and O–H groups in total. The van der Waals surface area contributed by atoms with Crippen LogP contribution < -0.4 is 10.9 Å². The van der Waals surface area contributed by atoms with E-state index in [1.54, 1.807) is 6.07 Å². The maximum Gasteiger partial charge on any atom is 0.273 e. The van der Waals surface area contributed by atoms with Crippen LogP contribution in [0.4, 0.5) is 5.69 Å². The smallest absolute Gasteiger partial charge is 0.273 e. The second-order valence-corrected chi connectivity index (χ2v) is 5.16. The van der Waals surface area contributed by atoms with Crippen molar-refractivity contribution in [3.05, 3.63) is 68.7 Å². The minimum absolute atomic E-state index is 0.117. The van der Waals surface area contributed by atoms with Crippen LogP contribution in [-0.4, -0.2) is 21.8 Å². The first-order valence-electron chi connectivity index (χ1n) is 6.68. The monoisotopic (exact) mass is 349 g/mol. The number of nitrogens with one attached hydrogen (secondary N) is 2. The van der Waals surface area contributed by atoms with Gasteiger partial charge < -0.3 is 5.11 Å². The van der Waals surface area contributed by atoms with Crippen molar-refractivity contribution < 1.29 is 19.6 Å². The molecule has 2 rings (SSSR count). The minimum Gasteiger partial charge on any atom is -0.507 e. The summed E-state index contributed by atoms with van der Waals surface area (Å²) in [4.78, 5) is 34.0. The Morgan fingerprint density at radius 1 is 1.17 bits per heavy atom. The average Bonchev–Trinajstić information content (AvgIpc) is 2.55. The van der Waals surface area contributed by atoms with Crippen LogP contribution >= 0.6 is 11.6 Å². The van der Waals surface area contributed by atoms with Crippen molar-refractivity contribution in [2.75, 3.05) is 0 Å². The van der Waals surface area contributed by atoms with Gasteiger partial charge in [0.1, 0.15) is 5.75 Å². The Balaban J connectivity index is 2.00. The number of halogens is 1. The Labute approximate surface area is 141 Å². The molecule has 0 saturated heterocycles. The Bertz CT molecular complexity index is 809. The molecule has 0 aliphatic rings. The van der Waals surface area contributed by atoms with Crippen LogP contribution in [0.1, 0.15) is 15.9 Å². The van der Waals surface area contributed by atoms with Crippen molar-refractivity contribution in [1.82, 2.24) is 10.9 Å². The summed E-state index contributed by atoms with van der Waals surface area (Å²) in [5.74, 6) is -1.73. The number of phenolic OH excluding ortho intramolecular Hbond substituents is 1. The Morgan fingerprint density at radius 3 is 2.58 bits per heavy atom. The molecule has 0 heterocycles. The van der Waals surface area contributed by atoms with Crippen molar-refractivity contribution >= 4 is 29.1 Å². The van der Waals surface area contributed by atoms with E-state index in [-0.39, 0.29) is 34.0 Å². The number of rotatable bonds is 4. The molecule has 124 valence electrons. The number of hydrogen-bond donors (Lipinski definition) is 3. The van der Waals surface area contributed by atoms with Gasteiger partial charge in [-0.1, -0.05) is 29.8 Å². The highest BCUT2D eigenvalue weighted by Crippen LogP contribution is 2.21. The third kappa shape index (κ3) is 4.20. The number of amides is 2. The van der Waals surface area contributed by atoms with Crippen molar-refractivity contribution in [1.29, 1.82) is 0 Å². The number of aromatic hydroxyl groups is 1. The zero-order chi connectivity index (χ0) is 17.7. The SMILES string of the molecule is O=C(Cc1ccccc1[N+](=O)[O-])NNC(=O)c1cc(Cl)ccc1O. The first-order chi connectivity index (χ1) is 11.4. The Morgan fingerprint density at radius 2 is 1.88 bits per heavy atom. The lowest BCUT2D eigenvalue weighted by Gasteiger charge is -2.09. The number of benzene rings is 2. The molecule has 0 radical (unpaired) electrons. The molecule has 0 unspecified atom stereocenters. The van der Waals surface area contributed by atoms with Gasteiger partial charge in [-0.15, -0.1) is 0 Å². The summed E-state index contributed by atoms with van der Waals surface area (Å²) >= 11 is 5.74. The summed E-state index contributed by atoms with van der Waals surface area (Å²) in [5, 5.41) is 20.7. The molecule has 0 aliphatic heterocycles. The molecular weight excluding hydrogens is 338 g/mol. The quantitative estimate of drug-likeness (QED) is 0.575. The van der Waals surface area contributed by atoms with Crippen molar-refractivity contribution in [2.45, 2.75) is 6.42 Å². The number of nitro benzene ring substituents is 1. The second-order valence-electron chi connectivity index (χ2n) is 4.73. The third-order valence-electron chi connectivity index (χ3n) is 3.06. The summed E-state index contributed by atoms with van der Waals surface area (Å²) in [5.41, 5.74) is 4.14. The first kappa shape index (κ1) is 17.2. The number of phenols is 1. The molecule has 9 heteroatoms. The number of hydrazine groups is 1. The van der Waals surface area contributed by atoms with Crippen LogP contribution in [0.2, 0.25) is 5.02 Å². The molecule has 2 amide bonds. The summed E-state index contributed by atoms with van der Waals surface area (Å²) in [6.45, 7) is 0. The molecular formula is C15H12ClN3O5. The minimum atomic E-state index is -0.772. The number of nitro groups is 1. The van der Waals surface area contributed by atoms with Crippen molar-refractivity contribution in [3.63, 3.8) is 0 Å². The van der Waals surface area contributed by atoms with Crippen LogP contribution in [0.25, 0.3) is 0 Å². The van der Waals surface area contributed by atoms with Crippen LogP contribution in [0, 0.1) is 10.1 Å². The van der Waals surface area contributed by atoms with Gasteiger partial charge in [0.05, 0.1) is 16.9 Å². The maximum absolute atomic E-state index is 11.9. The van der Waals surface area contributed by atoms with E-state index in [9.17, 15) is 24.8 Å². The topological polar surface area (TPSA) is 122 Å². The number of carbonyl (C=O) groups excluding carboxylic acids is 2. The van der Waals surface area contributed by atoms with Gasteiger partial charge >= 0.3 is 0 Å². The molecule has 0 spiro atoms. The highest BCUT2D eigenvalue weighted by molar-refractivity contribution is 6.31. The van der Waals surface area contributed by atoms with Crippen LogP contribution in [0.3, 0.4) is 0 Å². The fraction of sp³-hybridized carbons (Fsp3) is 0.0667. The Hall–Kier alpha value is -3.13. The second kappa shape index (κ2) is 7.42. The number of carbonyl (C=O) groups is 2. The fourth-order valence-corrected chi connectivity index (χ4v) is 2.11. The Kier molecular flexibility index (Phi) is 5.33. The molecule has 0 saturated carbocycles. The van der Waals surface area contributed by atoms with Gasteiger partial charge in [-0.05, 0) is 18.2 Å². The predicted octanol–water partition coefficient (Wildman–Crippen LogP) is 1.96. The van der Waals surface area contributed by atoms with E-state index < -0.39 is 16.7 Å². The third-order valence-corrected chi connectivity index (χ3v) is 3.29. The average molecular weight is 350 g/mol. The van der Waals surface area contributed by atoms with Gasteiger partial charge in [0.2, 0.25) is 5.91 Å². The van der Waals surface area contributed by atoms with Crippen molar-refractivity contribution in [3.8, 4) is 5.75 Å². The molecule has 0 bridgehead atoms. The molecule has 0 fully saturated rings.